The molecule has 1 saturated carbocycles. The fourth-order valence-corrected chi connectivity index (χ4v) is 3.10. The van der Waals surface area contributed by atoms with E-state index >= 15 is 0 Å². The molecule has 1 saturated heterocycles. The average Bonchev–Trinajstić information content (AvgIpc) is 2.66. The van der Waals surface area contributed by atoms with Crippen LogP contribution < -0.4 is 5.73 Å². The molecule has 1 heterocycles. The summed E-state index contributed by atoms with van der Waals surface area (Å²) in [5.74, 6) is 0. The van der Waals surface area contributed by atoms with Crippen LogP contribution >= 0.6 is 0 Å². The molecule has 0 radical (unpaired) electrons. The number of nitrogens with two attached hydrogens (primary N) is 1. The lowest BCUT2D eigenvalue weighted by atomic mass is 9.96. The van der Waals surface area contributed by atoms with Gasteiger partial charge in [-0.2, -0.15) is 0 Å². The van der Waals surface area contributed by atoms with Crippen molar-refractivity contribution < 1.29 is 5.11 Å². The van der Waals surface area contributed by atoms with Gasteiger partial charge < -0.3 is 10.8 Å². The summed E-state index contributed by atoms with van der Waals surface area (Å²) in [6.07, 6.45) is 8.15. The second kappa shape index (κ2) is 4.81. The van der Waals surface area contributed by atoms with Gasteiger partial charge in [0.15, 0.2) is 0 Å². The van der Waals surface area contributed by atoms with Gasteiger partial charge in [-0.15, -0.1) is 0 Å². The van der Waals surface area contributed by atoms with Gasteiger partial charge >= 0.3 is 0 Å². The summed E-state index contributed by atoms with van der Waals surface area (Å²) in [4.78, 5) is 2.43. The molecule has 2 rings (SSSR count). The van der Waals surface area contributed by atoms with E-state index in [0.717, 1.165) is 32.5 Å². The van der Waals surface area contributed by atoms with Crippen LogP contribution in [0.3, 0.4) is 0 Å². The van der Waals surface area contributed by atoms with Crippen LogP contribution in [0.15, 0.2) is 0 Å². The number of hydrogen-bond acceptors (Lipinski definition) is 3. The van der Waals surface area contributed by atoms with Crippen LogP contribution in [0.1, 0.15) is 44.9 Å². The van der Waals surface area contributed by atoms with Crippen molar-refractivity contribution in [3.8, 4) is 0 Å². The Morgan fingerprint density at radius 2 is 1.93 bits per heavy atom. The highest BCUT2D eigenvalue weighted by molar-refractivity contribution is 4.90. The molecule has 0 amide bonds. The molecule has 15 heavy (non-hydrogen) atoms. The van der Waals surface area contributed by atoms with Crippen LogP contribution in [0.25, 0.3) is 0 Å². The molecule has 1 atom stereocenters. The van der Waals surface area contributed by atoms with Gasteiger partial charge in [0.05, 0.1) is 5.60 Å². The van der Waals surface area contributed by atoms with Crippen molar-refractivity contribution in [2.45, 2.75) is 56.6 Å². The summed E-state index contributed by atoms with van der Waals surface area (Å²) >= 11 is 0. The van der Waals surface area contributed by atoms with Crippen molar-refractivity contribution in [2.24, 2.45) is 5.73 Å². The first-order valence-corrected chi connectivity index (χ1v) is 6.40. The Kier molecular flexibility index (Phi) is 3.65. The van der Waals surface area contributed by atoms with Gasteiger partial charge in [-0.3, -0.25) is 4.90 Å². The van der Waals surface area contributed by atoms with Gasteiger partial charge in [-0.1, -0.05) is 19.3 Å². The molecule has 0 spiro atoms. The Morgan fingerprint density at radius 3 is 2.60 bits per heavy atom. The molecule has 1 aliphatic heterocycles. The lowest BCUT2D eigenvalue weighted by Gasteiger charge is -2.39. The van der Waals surface area contributed by atoms with Crippen molar-refractivity contribution in [3.05, 3.63) is 0 Å². The first kappa shape index (κ1) is 11.4. The minimum Gasteiger partial charge on any atom is -0.389 e. The Bertz CT molecular complexity index is 202. The van der Waals surface area contributed by atoms with Gasteiger partial charge in [0.2, 0.25) is 0 Å². The maximum Gasteiger partial charge on any atom is 0.0774 e. The van der Waals surface area contributed by atoms with Crippen LogP contribution in [0.4, 0.5) is 0 Å². The summed E-state index contributed by atoms with van der Waals surface area (Å²) in [5, 5.41) is 10.4. The Hall–Kier alpha value is -0.120. The van der Waals surface area contributed by atoms with E-state index in [1.807, 2.05) is 0 Å². The Morgan fingerprint density at radius 1 is 1.20 bits per heavy atom. The summed E-state index contributed by atoms with van der Waals surface area (Å²) in [5.41, 5.74) is 5.39. The van der Waals surface area contributed by atoms with E-state index in [1.54, 1.807) is 0 Å². The van der Waals surface area contributed by atoms with Gasteiger partial charge in [-0.05, 0) is 32.2 Å². The highest BCUT2D eigenvalue weighted by Gasteiger charge is 2.35. The van der Waals surface area contributed by atoms with E-state index in [-0.39, 0.29) is 0 Å². The highest BCUT2D eigenvalue weighted by atomic mass is 16.3. The smallest absolute Gasteiger partial charge is 0.0774 e. The summed E-state index contributed by atoms with van der Waals surface area (Å²) in [7, 11) is 0. The van der Waals surface area contributed by atoms with E-state index in [1.165, 1.54) is 32.1 Å². The summed E-state index contributed by atoms with van der Waals surface area (Å²) < 4.78 is 0. The lowest BCUT2D eigenvalue weighted by molar-refractivity contribution is -0.0106. The van der Waals surface area contributed by atoms with E-state index in [2.05, 4.69) is 4.90 Å². The van der Waals surface area contributed by atoms with Crippen molar-refractivity contribution in [1.29, 1.82) is 0 Å². The molecule has 0 bridgehead atoms. The molecule has 0 aromatic carbocycles. The molecular formula is C12H24N2O. The number of nitrogens with zero attached hydrogens (tertiary/aromatic N) is 1. The molecule has 2 fully saturated rings. The van der Waals surface area contributed by atoms with Gasteiger partial charge in [0.1, 0.15) is 0 Å². The predicted octanol–water partition coefficient (Wildman–Crippen LogP) is 1.10. The first-order valence-electron chi connectivity index (χ1n) is 6.40. The standard InChI is InChI=1S/C12H24N2O/c13-9-11-5-1-4-8-14(11)10-12(15)6-2-3-7-12/h11,15H,1-10,13H2. The lowest BCUT2D eigenvalue weighted by Crippen LogP contribution is -2.50. The molecule has 2 aliphatic rings. The number of β-amino-alcohol motifs (C(OH)–C–C–N with tert-alkyl or cyclic N) is 1. The van der Waals surface area contributed by atoms with Crippen molar-refractivity contribution >= 4 is 0 Å². The van der Waals surface area contributed by atoms with Crippen LogP contribution in [0, 0.1) is 0 Å². The Labute approximate surface area is 92.6 Å². The largest absolute Gasteiger partial charge is 0.389 e. The number of rotatable bonds is 3. The SMILES string of the molecule is NCC1CCCCN1CC1(O)CCCC1. The van der Waals surface area contributed by atoms with Crippen LogP contribution in [0.2, 0.25) is 0 Å². The Balaban J connectivity index is 1.90. The number of likely N-dealkylation sites (tertiary alicyclic amines) is 1. The maximum atomic E-state index is 10.4. The molecule has 3 N–H and O–H groups in total. The van der Waals surface area contributed by atoms with Gasteiger partial charge in [0, 0.05) is 19.1 Å². The monoisotopic (exact) mass is 212 g/mol. The zero-order valence-electron chi connectivity index (χ0n) is 9.62. The topological polar surface area (TPSA) is 49.5 Å². The molecule has 1 unspecified atom stereocenters. The van der Waals surface area contributed by atoms with E-state index in [9.17, 15) is 5.11 Å². The van der Waals surface area contributed by atoms with Crippen LogP contribution in [-0.2, 0) is 0 Å². The molecule has 0 aromatic heterocycles. The average molecular weight is 212 g/mol. The molecular weight excluding hydrogens is 188 g/mol. The third-order valence-electron chi connectivity index (χ3n) is 4.05. The summed E-state index contributed by atoms with van der Waals surface area (Å²) in [6, 6.07) is 0.517. The minimum absolute atomic E-state index is 0.398. The van der Waals surface area contributed by atoms with Crippen LogP contribution in [-0.4, -0.2) is 41.3 Å². The fraction of sp³-hybridized carbons (Fsp3) is 1.00. The zero-order chi connectivity index (χ0) is 10.7. The molecule has 1 aliphatic carbocycles. The van der Waals surface area contributed by atoms with Crippen molar-refractivity contribution in [3.63, 3.8) is 0 Å². The normalized spacial score (nSPS) is 32.0. The van der Waals surface area contributed by atoms with Crippen LogP contribution in [0.5, 0.6) is 0 Å². The third kappa shape index (κ3) is 2.71. The third-order valence-corrected chi connectivity index (χ3v) is 4.05. The number of hydrogen-bond donors (Lipinski definition) is 2. The molecule has 3 nitrogen and oxygen atoms in total. The number of aliphatic hydroxyl groups is 1. The predicted molar refractivity (Wildman–Crippen MR) is 61.7 cm³/mol. The second-order valence-electron chi connectivity index (χ2n) is 5.29. The van der Waals surface area contributed by atoms with Gasteiger partial charge in [0.25, 0.3) is 0 Å². The minimum atomic E-state index is -0.398. The molecule has 88 valence electrons. The van der Waals surface area contributed by atoms with Crippen molar-refractivity contribution in [2.75, 3.05) is 19.6 Å². The van der Waals surface area contributed by atoms with Crippen molar-refractivity contribution in [1.82, 2.24) is 4.90 Å². The zero-order valence-corrected chi connectivity index (χ0v) is 9.62. The van der Waals surface area contributed by atoms with E-state index in [4.69, 9.17) is 5.73 Å². The second-order valence-corrected chi connectivity index (χ2v) is 5.29. The highest BCUT2D eigenvalue weighted by Crippen LogP contribution is 2.31. The number of piperidine rings is 1. The quantitative estimate of drug-likeness (QED) is 0.736. The van der Waals surface area contributed by atoms with E-state index < -0.39 is 5.60 Å². The van der Waals surface area contributed by atoms with E-state index in [0.29, 0.717) is 6.04 Å². The van der Waals surface area contributed by atoms with Gasteiger partial charge in [-0.25, -0.2) is 0 Å². The molecule has 3 heteroatoms. The fourth-order valence-electron chi connectivity index (χ4n) is 3.10. The first-order chi connectivity index (χ1) is 7.23. The summed E-state index contributed by atoms with van der Waals surface area (Å²) in [6.45, 7) is 2.73. The molecule has 0 aromatic rings. The maximum absolute atomic E-state index is 10.4.